The predicted octanol–water partition coefficient (Wildman–Crippen LogP) is 1.86. The molecular formula is C15H30N2O. The molecule has 0 aromatic heterocycles. The Balaban J connectivity index is 1.89. The summed E-state index contributed by atoms with van der Waals surface area (Å²) in [5.41, 5.74) is 0.490. The summed E-state index contributed by atoms with van der Waals surface area (Å²) in [7, 11) is 2.08. The summed E-state index contributed by atoms with van der Waals surface area (Å²) in [5.74, 6) is 0.915. The lowest BCUT2D eigenvalue weighted by molar-refractivity contribution is 0.0378. The number of likely N-dealkylation sites (tertiary alicyclic amines) is 1. The molecule has 106 valence electrons. The smallest absolute Gasteiger partial charge is 0.0564 e. The van der Waals surface area contributed by atoms with Crippen molar-refractivity contribution in [2.24, 2.45) is 11.3 Å². The van der Waals surface area contributed by atoms with Crippen LogP contribution in [0.5, 0.6) is 0 Å². The molecule has 1 heterocycles. The van der Waals surface area contributed by atoms with E-state index in [2.05, 4.69) is 24.2 Å². The van der Waals surface area contributed by atoms with Gasteiger partial charge in [-0.2, -0.15) is 0 Å². The van der Waals surface area contributed by atoms with Crippen LogP contribution in [0, 0.1) is 11.3 Å². The first-order valence-corrected chi connectivity index (χ1v) is 7.68. The second kappa shape index (κ2) is 6.36. The third kappa shape index (κ3) is 3.69. The third-order valence-electron chi connectivity index (χ3n) is 5.00. The molecular weight excluding hydrogens is 224 g/mol. The van der Waals surface area contributed by atoms with Crippen molar-refractivity contribution in [2.75, 3.05) is 33.2 Å². The molecule has 2 N–H and O–H groups in total. The van der Waals surface area contributed by atoms with Crippen LogP contribution in [0.3, 0.4) is 0 Å². The summed E-state index contributed by atoms with van der Waals surface area (Å²) in [4.78, 5) is 2.58. The highest BCUT2D eigenvalue weighted by Crippen LogP contribution is 2.39. The summed E-state index contributed by atoms with van der Waals surface area (Å²) in [6.07, 6.45) is 7.39. The number of rotatable bonds is 4. The lowest BCUT2D eigenvalue weighted by atomic mass is 9.70. The van der Waals surface area contributed by atoms with Crippen LogP contribution in [0.4, 0.5) is 0 Å². The molecule has 0 radical (unpaired) electrons. The van der Waals surface area contributed by atoms with Crippen LogP contribution in [0.25, 0.3) is 0 Å². The maximum Gasteiger partial charge on any atom is 0.0564 e. The third-order valence-corrected chi connectivity index (χ3v) is 5.00. The van der Waals surface area contributed by atoms with Gasteiger partial charge in [-0.05, 0) is 44.1 Å². The Kier molecular flexibility index (Phi) is 5.05. The van der Waals surface area contributed by atoms with E-state index >= 15 is 0 Å². The van der Waals surface area contributed by atoms with Gasteiger partial charge < -0.3 is 15.3 Å². The Morgan fingerprint density at radius 1 is 1.17 bits per heavy atom. The normalized spacial score (nSPS) is 35.8. The Morgan fingerprint density at radius 3 is 2.33 bits per heavy atom. The Labute approximate surface area is 112 Å². The molecule has 0 spiro atoms. The monoisotopic (exact) mass is 254 g/mol. The fourth-order valence-corrected chi connectivity index (χ4v) is 3.69. The summed E-state index contributed by atoms with van der Waals surface area (Å²) < 4.78 is 0. The van der Waals surface area contributed by atoms with Crippen molar-refractivity contribution in [1.82, 2.24) is 10.2 Å². The zero-order chi connectivity index (χ0) is 13.0. The molecule has 3 heteroatoms. The molecule has 1 aliphatic heterocycles. The molecule has 2 rings (SSSR count). The van der Waals surface area contributed by atoms with Gasteiger partial charge in [-0.1, -0.05) is 19.8 Å². The van der Waals surface area contributed by atoms with Crippen LogP contribution in [-0.4, -0.2) is 49.3 Å². The molecule has 0 amide bonds. The fraction of sp³-hybridized carbons (Fsp3) is 1.00. The molecule has 0 bridgehead atoms. The van der Waals surface area contributed by atoms with Crippen molar-refractivity contribution in [2.45, 2.75) is 51.6 Å². The number of aliphatic hydroxyl groups excluding tert-OH is 1. The first-order valence-electron chi connectivity index (χ1n) is 7.68. The number of piperidine rings is 1. The van der Waals surface area contributed by atoms with Crippen molar-refractivity contribution in [1.29, 1.82) is 0 Å². The second-order valence-corrected chi connectivity index (χ2v) is 6.72. The Morgan fingerprint density at radius 2 is 1.78 bits per heavy atom. The number of nitrogens with one attached hydrogen (secondary N) is 1. The van der Waals surface area contributed by atoms with Crippen molar-refractivity contribution >= 4 is 0 Å². The summed E-state index contributed by atoms with van der Waals surface area (Å²) in [5, 5.41) is 13.0. The van der Waals surface area contributed by atoms with Crippen LogP contribution in [0.1, 0.15) is 45.4 Å². The SMILES string of the molecule is CNCC1(CN2CCC(O)CC2)CCC(C)CC1. The lowest BCUT2D eigenvalue weighted by Gasteiger charge is -2.44. The van der Waals surface area contributed by atoms with E-state index in [1.54, 1.807) is 0 Å². The molecule has 0 unspecified atom stereocenters. The van der Waals surface area contributed by atoms with Gasteiger partial charge in [0, 0.05) is 26.2 Å². The zero-order valence-electron chi connectivity index (χ0n) is 12.1. The molecule has 0 atom stereocenters. The first-order chi connectivity index (χ1) is 8.63. The first kappa shape index (κ1) is 14.3. The second-order valence-electron chi connectivity index (χ2n) is 6.72. The zero-order valence-corrected chi connectivity index (χ0v) is 12.1. The Hall–Kier alpha value is -0.120. The van der Waals surface area contributed by atoms with E-state index in [1.807, 2.05) is 0 Å². The van der Waals surface area contributed by atoms with Gasteiger partial charge in [0.05, 0.1) is 6.10 Å². The van der Waals surface area contributed by atoms with E-state index in [1.165, 1.54) is 32.2 Å². The van der Waals surface area contributed by atoms with Gasteiger partial charge in [-0.25, -0.2) is 0 Å². The summed E-state index contributed by atoms with van der Waals surface area (Å²) in [6, 6.07) is 0. The van der Waals surface area contributed by atoms with E-state index in [9.17, 15) is 5.11 Å². The predicted molar refractivity (Wildman–Crippen MR) is 75.7 cm³/mol. The minimum Gasteiger partial charge on any atom is -0.393 e. The quantitative estimate of drug-likeness (QED) is 0.804. The average molecular weight is 254 g/mol. The highest BCUT2D eigenvalue weighted by atomic mass is 16.3. The molecule has 1 saturated heterocycles. The minimum atomic E-state index is -0.0483. The van der Waals surface area contributed by atoms with Crippen LogP contribution in [0.2, 0.25) is 0 Å². The number of aliphatic hydroxyl groups is 1. The van der Waals surface area contributed by atoms with Gasteiger partial charge in [0.2, 0.25) is 0 Å². The number of hydrogen-bond donors (Lipinski definition) is 2. The minimum absolute atomic E-state index is 0.0483. The van der Waals surface area contributed by atoms with Crippen molar-refractivity contribution in [3.63, 3.8) is 0 Å². The number of nitrogens with zero attached hydrogens (tertiary/aromatic N) is 1. The van der Waals surface area contributed by atoms with Crippen LogP contribution < -0.4 is 5.32 Å². The molecule has 2 fully saturated rings. The van der Waals surface area contributed by atoms with Crippen LogP contribution >= 0.6 is 0 Å². The highest BCUT2D eigenvalue weighted by Gasteiger charge is 2.35. The topological polar surface area (TPSA) is 35.5 Å². The largest absolute Gasteiger partial charge is 0.393 e. The van der Waals surface area contributed by atoms with Crippen LogP contribution in [0.15, 0.2) is 0 Å². The maximum absolute atomic E-state index is 9.60. The van der Waals surface area contributed by atoms with E-state index in [0.29, 0.717) is 5.41 Å². The molecule has 0 aromatic rings. The van der Waals surface area contributed by atoms with Gasteiger partial charge in [0.15, 0.2) is 0 Å². The van der Waals surface area contributed by atoms with Crippen LogP contribution in [-0.2, 0) is 0 Å². The van der Waals surface area contributed by atoms with Gasteiger partial charge in [0.1, 0.15) is 0 Å². The molecule has 18 heavy (non-hydrogen) atoms. The van der Waals surface area contributed by atoms with Gasteiger partial charge >= 0.3 is 0 Å². The molecule has 2 aliphatic rings. The molecule has 1 saturated carbocycles. The van der Waals surface area contributed by atoms with E-state index in [0.717, 1.165) is 38.4 Å². The van der Waals surface area contributed by atoms with Gasteiger partial charge in [0.25, 0.3) is 0 Å². The fourth-order valence-electron chi connectivity index (χ4n) is 3.69. The lowest BCUT2D eigenvalue weighted by Crippen LogP contribution is -2.48. The Bertz CT molecular complexity index is 241. The van der Waals surface area contributed by atoms with E-state index < -0.39 is 0 Å². The molecule has 0 aromatic carbocycles. The highest BCUT2D eigenvalue weighted by molar-refractivity contribution is 4.90. The van der Waals surface area contributed by atoms with Crippen molar-refractivity contribution in [3.05, 3.63) is 0 Å². The molecule has 3 nitrogen and oxygen atoms in total. The van der Waals surface area contributed by atoms with Gasteiger partial charge in [-0.15, -0.1) is 0 Å². The standard InChI is InChI=1S/C15H30N2O/c1-13-3-7-15(8-4-13,11-16-2)12-17-9-5-14(18)6-10-17/h13-14,16,18H,3-12H2,1-2H3. The average Bonchev–Trinajstić information content (AvgIpc) is 2.37. The number of hydrogen-bond acceptors (Lipinski definition) is 3. The van der Waals surface area contributed by atoms with Crippen molar-refractivity contribution < 1.29 is 5.11 Å². The van der Waals surface area contributed by atoms with Crippen molar-refractivity contribution in [3.8, 4) is 0 Å². The summed E-state index contributed by atoms with van der Waals surface area (Å²) >= 11 is 0. The van der Waals surface area contributed by atoms with Gasteiger partial charge in [-0.3, -0.25) is 0 Å². The molecule has 1 aliphatic carbocycles. The maximum atomic E-state index is 9.60. The van der Waals surface area contributed by atoms with E-state index in [4.69, 9.17) is 0 Å². The summed E-state index contributed by atoms with van der Waals surface area (Å²) in [6.45, 7) is 6.94. The van der Waals surface area contributed by atoms with E-state index in [-0.39, 0.29) is 6.10 Å².